The Balaban J connectivity index is 1.61. The van der Waals surface area contributed by atoms with Gasteiger partial charge in [-0.15, -0.1) is 0 Å². The van der Waals surface area contributed by atoms with Crippen LogP contribution in [0.1, 0.15) is 29.8 Å². The van der Waals surface area contributed by atoms with Gasteiger partial charge in [-0.3, -0.25) is 9.59 Å². The van der Waals surface area contributed by atoms with Crippen molar-refractivity contribution in [2.75, 3.05) is 6.54 Å². The van der Waals surface area contributed by atoms with Crippen LogP contribution in [0, 0.1) is 5.82 Å². The summed E-state index contributed by atoms with van der Waals surface area (Å²) >= 11 is 0. The molecule has 4 aromatic rings. The molecule has 0 spiro atoms. The first-order valence-corrected chi connectivity index (χ1v) is 10.9. The van der Waals surface area contributed by atoms with E-state index in [2.05, 4.69) is 20.7 Å². The highest BCUT2D eigenvalue weighted by Crippen LogP contribution is 2.25. The first kappa shape index (κ1) is 20.8. The molecule has 1 unspecified atom stereocenters. The second-order valence-electron chi connectivity index (χ2n) is 7.98. The third-order valence-electron chi connectivity index (χ3n) is 5.72. The normalized spacial score (nSPS) is 16.3. The van der Waals surface area contributed by atoms with Crippen molar-refractivity contribution in [2.45, 2.75) is 25.3 Å². The Hall–Kier alpha value is -4.07. The molecule has 2 amide bonds. The van der Waals surface area contributed by atoms with Gasteiger partial charge in [-0.05, 0) is 37.5 Å². The van der Waals surface area contributed by atoms with Crippen molar-refractivity contribution in [1.29, 1.82) is 0 Å². The minimum absolute atomic E-state index is 0.178. The van der Waals surface area contributed by atoms with Gasteiger partial charge in [0.15, 0.2) is 5.65 Å². The largest absolute Gasteiger partial charge is 0.354 e. The molecule has 1 fully saturated rings. The van der Waals surface area contributed by atoms with E-state index >= 15 is 0 Å². The molecule has 1 aliphatic rings. The number of amides is 2. The summed E-state index contributed by atoms with van der Waals surface area (Å²) in [5.41, 5.74) is 2.68. The van der Waals surface area contributed by atoms with Gasteiger partial charge in [-0.25, -0.2) is 13.9 Å². The molecule has 0 saturated carbocycles. The standard InChI is InChI=1S/C25H22FN5O2/c26-18-11-5-4-10-17(18)21-14-22(25(33)29-19-12-6-7-13-27-24(19)32)31-23(28-21)15-20(30-31)16-8-2-1-3-9-16/h1-5,8-11,14-15,19H,6-7,12-13H2,(H,27,32)(H,29,33). The highest BCUT2D eigenvalue weighted by Gasteiger charge is 2.25. The van der Waals surface area contributed by atoms with E-state index in [1.165, 1.54) is 16.6 Å². The molecule has 0 radical (unpaired) electrons. The summed E-state index contributed by atoms with van der Waals surface area (Å²) in [6, 6.07) is 18.4. The summed E-state index contributed by atoms with van der Waals surface area (Å²) in [6.45, 7) is 0.599. The lowest BCUT2D eigenvalue weighted by atomic mass is 10.1. The van der Waals surface area contributed by atoms with Crippen LogP contribution in [0.15, 0.2) is 66.7 Å². The first-order chi connectivity index (χ1) is 16.1. The maximum absolute atomic E-state index is 14.5. The molecule has 2 aromatic carbocycles. The third kappa shape index (κ3) is 4.19. The molecule has 1 aliphatic heterocycles. The Morgan fingerprint density at radius 3 is 2.64 bits per heavy atom. The monoisotopic (exact) mass is 443 g/mol. The minimum Gasteiger partial charge on any atom is -0.354 e. The Bertz CT molecular complexity index is 1340. The van der Waals surface area contributed by atoms with Crippen molar-refractivity contribution in [1.82, 2.24) is 25.2 Å². The molecule has 2 N–H and O–H groups in total. The number of benzene rings is 2. The van der Waals surface area contributed by atoms with Gasteiger partial charge in [0.1, 0.15) is 17.6 Å². The number of nitrogens with one attached hydrogen (secondary N) is 2. The molecule has 3 heterocycles. The summed E-state index contributed by atoms with van der Waals surface area (Å²) in [6.07, 6.45) is 2.25. The Kier molecular flexibility index (Phi) is 5.56. The fourth-order valence-corrected chi connectivity index (χ4v) is 4.00. The van der Waals surface area contributed by atoms with Gasteiger partial charge in [0, 0.05) is 23.7 Å². The van der Waals surface area contributed by atoms with Gasteiger partial charge in [0.25, 0.3) is 5.91 Å². The van der Waals surface area contributed by atoms with Crippen LogP contribution in [-0.2, 0) is 4.79 Å². The van der Waals surface area contributed by atoms with Crippen molar-refractivity contribution < 1.29 is 14.0 Å². The topological polar surface area (TPSA) is 88.4 Å². The number of aromatic nitrogens is 3. The summed E-state index contributed by atoms with van der Waals surface area (Å²) in [5, 5.41) is 10.2. The van der Waals surface area contributed by atoms with Gasteiger partial charge in [0.05, 0.1) is 11.4 Å². The molecular weight excluding hydrogens is 421 g/mol. The Labute approximate surface area is 189 Å². The molecule has 1 atom stereocenters. The zero-order valence-corrected chi connectivity index (χ0v) is 17.8. The second kappa shape index (κ2) is 8.82. The van der Waals surface area contributed by atoms with E-state index < -0.39 is 17.8 Å². The van der Waals surface area contributed by atoms with E-state index in [-0.39, 0.29) is 17.2 Å². The first-order valence-electron chi connectivity index (χ1n) is 10.9. The highest BCUT2D eigenvalue weighted by atomic mass is 19.1. The average Bonchev–Trinajstić information content (AvgIpc) is 3.17. The number of carbonyl (C=O) groups is 2. The van der Waals surface area contributed by atoms with E-state index in [1.54, 1.807) is 24.3 Å². The number of rotatable bonds is 4. The Morgan fingerprint density at radius 1 is 1.03 bits per heavy atom. The molecule has 7 nitrogen and oxygen atoms in total. The van der Waals surface area contributed by atoms with E-state index in [9.17, 15) is 14.0 Å². The Morgan fingerprint density at radius 2 is 1.82 bits per heavy atom. The van der Waals surface area contributed by atoms with Crippen LogP contribution in [0.25, 0.3) is 28.2 Å². The van der Waals surface area contributed by atoms with Crippen LogP contribution >= 0.6 is 0 Å². The number of carbonyl (C=O) groups excluding carboxylic acids is 2. The molecular formula is C25H22FN5O2. The quantitative estimate of drug-likeness (QED) is 0.505. The van der Waals surface area contributed by atoms with Crippen molar-refractivity contribution in [2.24, 2.45) is 0 Å². The third-order valence-corrected chi connectivity index (χ3v) is 5.72. The molecule has 166 valence electrons. The van der Waals surface area contributed by atoms with E-state index in [0.717, 1.165) is 18.4 Å². The minimum atomic E-state index is -0.635. The molecule has 1 saturated heterocycles. The van der Waals surface area contributed by atoms with Gasteiger partial charge in [-0.1, -0.05) is 42.5 Å². The van der Waals surface area contributed by atoms with Gasteiger partial charge in [0.2, 0.25) is 5.91 Å². The predicted octanol–water partition coefficient (Wildman–Crippen LogP) is 3.60. The lowest BCUT2D eigenvalue weighted by Crippen LogP contribution is -2.45. The summed E-state index contributed by atoms with van der Waals surface area (Å²) < 4.78 is 16.0. The van der Waals surface area contributed by atoms with E-state index in [4.69, 9.17) is 0 Å². The van der Waals surface area contributed by atoms with Crippen molar-refractivity contribution >= 4 is 17.5 Å². The number of nitrogens with zero attached hydrogens (tertiary/aromatic N) is 3. The second-order valence-corrected chi connectivity index (χ2v) is 7.98. The van der Waals surface area contributed by atoms with Crippen LogP contribution < -0.4 is 10.6 Å². The molecule has 33 heavy (non-hydrogen) atoms. The fraction of sp³-hybridized carbons (Fsp3) is 0.200. The molecule has 8 heteroatoms. The lowest BCUT2D eigenvalue weighted by molar-refractivity contribution is -0.122. The zero-order valence-electron chi connectivity index (χ0n) is 17.8. The number of hydrogen-bond acceptors (Lipinski definition) is 4. The maximum atomic E-state index is 14.5. The summed E-state index contributed by atoms with van der Waals surface area (Å²) in [5.74, 6) is -1.11. The van der Waals surface area contributed by atoms with Crippen molar-refractivity contribution in [3.63, 3.8) is 0 Å². The fourth-order valence-electron chi connectivity index (χ4n) is 4.00. The number of hydrogen-bond donors (Lipinski definition) is 2. The average molecular weight is 443 g/mol. The number of halogens is 1. The zero-order chi connectivity index (χ0) is 22.8. The van der Waals surface area contributed by atoms with Crippen LogP contribution in [0.3, 0.4) is 0 Å². The van der Waals surface area contributed by atoms with Crippen LogP contribution in [0.5, 0.6) is 0 Å². The van der Waals surface area contributed by atoms with Gasteiger partial charge in [-0.2, -0.15) is 5.10 Å². The molecule has 5 rings (SSSR count). The van der Waals surface area contributed by atoms with E-state index in [1.807, 2.05) is 30.3 Å². The molecule has 0 bridgehead atoms. The molecule has 0 aliphatic carbocycles. The predicted molar refractivity (Wildman–Crippen MR) is 122 cm³/mol. The van der Waals surface area contributed by atoms with Crippen molar-refractivity contribution in [3.8, 4) is 22.5 Å². The van der Waals surface area contributed by atoms with Crippen LogP contribution in [0.4, 0.5) is 4.39 Å². The van der Waals surface area contributed by atoms with Gasteiger partial charge >= 0.3 is 0 Å². The lowest BCUT2D eigenvalue weighted by Gasteiger charge is -2.16. The van der Waals surface area contributed by atoms with Gasteiger partial charge < -0.3 is 10.6 Å². The maximum Gasteiger partial charge on any atom is 0.270 e. The van der Waals surface area contributed by atoms with Crippen LogP contribution in [-0.4, -0.2) is 39.0 Å². The SMILES string of the molecule is O=C(NC1CCCCNC1=O)c1cc(-c2ccccc2F)nc2cc(-c3ccccc3)nn12. The summed E-state index contributed by atoms with van der Waals surface area (Å²) in [4.78, 5) is 30.3. The molecule has 2 aromatic heterocycles. The van der Waals surface area contributed by atoms with Crippen LogP contribution in [0.2, 0.25) is 0 Å². The van der Waals surface area contributed by atoms with E-state index in [0.29, 0.717) is 30.0 Å². The number of fused-ring (bicyclic) bond motifs is 1. The smallest absolute Gasteiger partial charge is 0.270 e. The van der Waals surface area contributed by atoms with Crippen molar-refractivity contribution in [3.05, 3.63) is 78.2 Å². The highest BCUT2D eigenvalue weighted by molar-refractivity contribution is 5.97. The summed E-state index contributed by atoms with van der Waals surface area (Å²) in [7, 11) is 0.